The molecule has 1 amide bonds. The number of carbonyl (C=O) groups excluding carboxylic acids is 1. The molecule has 0 aliphatic heterocycles. The molecular weight excluding hydrogens is 318 g/mol. The van der Waals surface area contributed by atoms with Crippen LogP contribution in [-0.4, -0.2) is 21.9 Å². The van der Waals surface area contributed by atoms with Crippen molar-refractivity contribution in [1.82, 2.24) is 5.32 Å². The van der Waals surface area contributed by atoms with E-state index in [4.69, 9.17) is 0 Å². The highest BCUT2D eigenvalue weighted by molar-refractivity contribution is 9.09. The highest BCUT2D eigenvalue weighted by Gasteiger charge is 2.25. The van der Waals surface area contributed by atoms with Crippen molar-refractivity contribution in [2.75, 3.05) is 5.33 Å². The van der Waals surface area contributed by atoms with Crippen molar-refractivity contribution >= 4 is 32.6 Å². The molecule has 4 heteroatoms. The lowest BCUT2D eigenvalue weighted by atomic mass is 10.00. The van der Waals surface area contributed by atoms with Gasteiger partial charge in [0, 0.05) is 16.3 Å². The number of amides is 1. The minimum absolute atomic E-state index is 0.0358. The van der Waals surface area contributed by atoms with Gasteiger partial charge in [0.05, 0.1) is 5.56 Å². The third kappa shape index (κ3) is 2.80. The molecule has 2 N–H and O–H groups in total. The van der Waals surface area contributed by atoms with Crippen molar-refractivity contribution in [3.63, 3.8) is 0 Å². The Morgan fingerprint density at radius 1 is 1.30 bits per heavy atom. The molecule has 0 spiro atoms. The van der Waals surface area contributed by atoms with Crippen molar-refractivity contribution in [3.05, 3.63) is 42.0 Å². The van der Waals surface area contributed by atoms with Crippen LogP contribution in [0.25, 0.3) is 10.8 Å². The van der Waals surface area contributed by atoms with Crippen LogP contribution < -0.4 is 5.32 Å². The Kier molecular flexibility index (Phi) is 4.33. The maximum Gasteiger partial charge on any atom is 0.255 e. The summed E-state index contributed by atoms with van der Waals surface area (Å²) in [6.07, 6.45) is 0.804. The van der Waals surface area contributed by atoms with E-state index < -0.39 is 0 Å². The highest BCUT2D eigenvalue weighted by Crippen LogP contribution is 2.29. The van der Waals surface area contributed by atoms with Crippen LogP contribution in [-0.2, 0) is 0 Å². The summed E-state index contributed by atoms with van der Waals surface area (Å²) in [4.78, 5) is 12.4. The summed E-state index contributed by atoms with van der Waals surface area (Å²) in [5.41, 5.74) is -0.0147. The molecule has 2 aromatic rings. The molecule has 106 valence electrons. The first-order chi connectivity index (χ1) is 9.50. The molecule has 1 atom stereocenters. The second-order valence-electron chi connectivity index (χ2n) is 5.18. The molecule has 0 radical (unpaired) electrons. The van der Waals surface area contributed by atoms with Gasteiger partial charge in [-0.25, -0.2) is 0 Å². The zero-order valence-electron chi connectivity index (χ0n) is 11.6. The molecule has 3 nitrogen and oxygen atoms in total. The molecule has 0 saturated carbocycles. The van der Waals surface area contributed by atoms with Crippen LogP contribution >= 0.6 is 15.9 Å². The van der Waals surface area contributed by atoms with E-state index in [1.54, 1.807) is 6.07 Å². The van der Waals surface area contributed by atoms with Crippen LogP contribution in [0.5, 0.6) is 5.75 Å². The van der Waals surface area contributed by atoms with Gasteiger partial charge in [-0.15, -0.1) is 0 Å². The minimum Gasteiger partial charge on any atom is -0.506 e. The lowest BCUT2D eigenvalue weighted by molar-refractivity contribution is 0.0911. The van der Waals surface area contributed by atoms with Crippen molar-refractivity contribution in [2.24, 2.45) is 0 Å². The third-order valence-electron chi connectivity index (χ3n) is 3.64. The molecule has 1 unspecified atom stereocenters. The highest BCUT2D eigenvalue weighted by atomic mass is 79.9. The van der Waals surface area contributed by atoms with Gasteiger partial charge in [-0.2, -0.15) is 0 Å². The number of carbonyl (C=O) groups is 1. The van der Waals surface area contributed by atoms with Gasteiger partial charge in [0.2, 0.25) is 0 Å². The average Bonchev–Trinajstić information content (AvgIpc) is 2.47. The number of alkyl halides is 1. The molecule has 0 aliphatic carbocycles. The fourth-order valence-electron chi connectivity index (χ4n) is 2.00. The fourth-order valence-corrected chi connectivity index (χ4v) is 2.53. The Bertz CT molecular complexity index is 635. The number of rotatable bonds is 4. The molecule has 0 aromatic heterocycles. The summed E-state index contributed by atoms with van der Waals surface area (Å²) in [6, 6.07) is 11.0. The lowest BCUT2D eigenvalue weighted by Crippen LogP contribution is -2.46. The summed E-state index contributed by atoms with van der Waals surface area (Å²) < 4.78 is 0. The van der Waals surface area contributed by atoms with Gasteiger partial charge in [-0.3, -0.25) is 4.79 Å². The van der Waals surface area contributed by atoms with Crippen LogP contribution in [0.3, 0.4) is 0 Å². The van der Waals surface area contributed by atoms with Crippen molar-refractivity contribution in [2.45, 2.75) is 25.8 Å². The van der Waals surface area contributed by atoms with Crippen molar-refractivity contribution < 1.29 is 9.90 Å². The number of nitrogens with one attached hydrogen (secondary N) is 1. The largest absolute Gasteiger partial charge is 0.506 e. The summed E-state index contributed by atoms with van der Waals surface area (Å²) in [5.74, 6) is -0.217. The second-order valence-corrected chi connectivity index (χ2v) is 5.75. The maximum absolute atomic E-state index is 12.4. The predicted molar refractivity (Wildman–Crippen MR) is 85.6 cm³/mol. The van der Waals surface area contributed by atoms with Crippen molar-refractivity contribution in [1.29, 1.82) is 0 Å². The fraction of sp³-hybridized carbons (Fsp3) is 0.312. The van der Waals surface area contributed by atoms with Gasteiger partial charge in [0.15, 0.2) is 0 Å². The first-order valence-corrected chi connectivity index (χ1v) is 7.72. The van der Waals surface area contributed by atoms with Gasteiger partial charge in [0.1, 0.15) is 5.75 Å². The topological polar surface area (TPSA) is 49.3 Å². The molecular formula is C16H18BrNO2. The zero-order chi connectivity index (χ0) is 14.8. The number of phenols is 1. The van der Waals surface area contributed by atoms with Gasteiger partial charge in [-0.1, -0.05) is 53.2 Å². The normalized spacial score (nSPS) is 13.9. The summed E-state index contributed by atoms with van der Waals surface area (Å²) in [6.45, 7) is 3.99. The van der Waals surface area contributed by atoms with Gasteiger partial charge in [0.25, 0.3) is 5.91 Å². The number of fused-ring (bicyclic) bond motifs is 1. The van der Waals surface area contributed by atoms with Crippen LogP contribution in [0, 0.1) is 0 Å². The van der Waals surface area contributed by atoms with Crippen LogP contribution in [0.2, 0.25) is 0 Å². The first-order valence-electron chi connectivity index (χ1n) is 6.60. The molecule has 0 heterocycles. The minimum atomic E-state index is -0.324. The molecule has 0 aliphatic rings. The lowest BCUT2D eigenvalue weighted by Gasteiger charge is -2.27. The Hall–Kier alpha value is -1.55. The summed E-state index contributed by atoms with van der Waals surface area (Å²) in [7, 11) is 0. The first kappa shape index (κ1) is 14.9. The molecule has 0 saturated heterocycles. The zero-order valence-corrected chi connectivity index (χ0v) is 13.2. The monoisotopic (exact) mass is 335 g/mol. The van der Waals surface area contributed by atoms with Crippen molar-refractivity contribution in [3.8, 4) is 5.75 Å². The number of hydrogen-bond donors (Lipinski definition) is 2. The Morgan fingerprint density at radius 2 is 2.00 bits per heavy atom. The van der Waals surface area contributed by atoms with E-state index in [1.165, 1.54) is 0 Å². The van der Waals surface area contributed by atoms with Gasteiger partial charge >= 0.3 is 0 Å². The Morgan fingerprint density at radius 3 is 2.65 bits per heavy atom. The molecule has 2 aromatic carbocycles. The van der Waals surface area contributed by atoms with Gasteiger partial charge in [-0.05, 0) is 24.8 Å². The standard InChI is InChI=1S/C16H18BrNO2/c1-3-16(2,10-17)18-15(20)13-9-8-11-6-4-5-7-12(11)14(13)19/h4-9,19H,3,10H2,1-2H3,(H,18,20). The van der Waals surface area contributed by atoms with E-state index >= 15 is 0 Å². The third-order valence-corrected chi connectivity index (χ3v) is 4.87. The number of phenolic OH excluding ortho intramolecular Hbond substituents is 1. The van der Waals surface area contributed by atoms with E-state index in [9.17, 15) is 9.90 Å². The second kappa shape index (κ2) is 5.83. The maximum atomic E-state index is 12.4. The quantitative estimate of drug-likeness (QED) is 0.834. The summed E-state index contributed by atoms with van der Waals surface area (Å²) >= 11 is 3.41. The number of aromatic hydroxyl groups is 1. The molecule has 2 rings (SSSR count). The van der Waals surface area contributed by atoms with Gasteiger partial charge < -0.3 is 10.4 Å². The van der Waals surface area contributed by atoms with E-state index in [2.05, 4.69) is 21.2 Å². The molecule has 0 fully saturated rings. The van der Waals surface area contributed by atoms with E-state index in [0.717, 1.165) is 11.8 Å². The SMILES string of the molecule is CCC(C)(CBr)NC(=O)c1ccc2ccccc2c1O. The Labute approximate surface area is 127 Å². The smallest absolute Gasteiger partial charge is 0.255 e. The molecule has 0 bridgehead atoms. The van der Waals surface area contributed by atoms with Crippen LogP contribution in [0.15, 0.2) is 36.4 Å². The molecule has 20 heavy (non-hydrogen) atoms. The number of halogens is 1. The van der Waals surface area contributed by atoms with E-state index in [-0.39, 0.29) is 17.2 Å². The Balaban J connectivity index is 2.38. The number of hydrogen-bond acceptors (Lipinski definition) is 2. The predicted octanol–water partition coefficient (Wildman–Crippen LogP) is 3.84. The van der Waals surface area contributed by atoms with E-state index in [0.29, 0.717) is 16.3 Å². The number of benzene rings is 2. The van der Waals surface area contributed by atoms with Crippen LogP contribution in [0.4, 0.5) is 0 Å². The summed E-state index contributed by atoms with van der Waals surface area (Å²) in [5, 5.41) is 15.5. The van der Waals surface area contributed by atoms with Crippen LogP contribution in [0.1, 0.15) is 30.6 Å². The van der Waals surface area contributed by atoms with E-state index in [1.807, 2.05) is 44.2 Å². The average molecular weight is 336 g/mol.